The molecule has 0 spiro atoms. The molecule has 1 heterocycles. The minimum absolute atomic E-state index is 0.0692. The first-order valence-electron chi connectivity index (χ1n) is 5.50. The van der Waals surface area contributed by atoms with Gasteiger partial charge >= 0.3 is 0 Å². The van der Waals surface area contributed by atoms with Gasteiger partial charge in [-0.3, -0.25) is 4.72 Å². The maximum Gasteiger partial charge on any atom is 0.272 e. The molecule has 21 heavy (non-hydrogen) atoms. The number of hydrogen-bond acceptors (Lipinski definition) is 5. The Kier molecular flexibility index (Phi) is 4.45. The van der Waals surface area contributed by atoms with Gasteiger partial charge in [-0.1, -0.05) is 0 Å². The average Bonchev–Trinajstić information content (AvgIpc) is 2.77. The molecule has 0 amide bonds. The van der Waals surface area contributed by atoms with Crippen LogP contribution in [0.25, 0.3) is 0 Å². The molecule has 0 saturated heterocycles. The first kappa shape index (κ1) is 16.4. The Morgan fingerprint density at radius 1 is 1.19 bits per heavy atom. The monoisotopic (exact) mass is 410 g/mol. The molecule has 10 heteroatoms. The van der Waals surface area contributed by atoms with Crippen molar-refractivity contribution in [1.29, 1.82) is 0 Å². The standard InChI is InChI=1S/C11H11BrN2O4S3/c1-7-6-8(20(13,15)16)2-3-10(7)14-21(17,18)11-9(12)4-5-19-11/h2-6,14H,1H3,(H2,13,15,16). The van der Waals surface area contributed by atoms with E-state index >= 15 is 0 Å². The van der Waals surface area contributed by atoms with Crippen LogP contribution in [0.2, 0.25) is 0 Å². The van der Waals surface area contributed by atoms with Crippen molar-refractivity contribution in [1.82, 2.24) is 0 Å². The molecule has 0 atom stereocenters. The van der Waals surface area contributed by atoms with Crippen molar-refractivity contribution in [3.05, 3.63) is 39.7 Å². The molecule has 2 rings (SSSR count). The summed E-state index contributed by atoms with van der Waals surface area (Å²) in [5, 5.41) is 6.68. The fourth-order valence-electron chi connectivity index (χ4n) is 1.59. The number of nitrogens with one attached hydrogen (secondary N) is 1. The Balaban J connectivity index is 2.39. The molecule has 1 aromatic carbocycles. The van der Waals surface area contributed by atoms with Crippen molar-refractivity contribution in [3.63, 3.8) is 0 Å². The predicted octanol–water partition coefficient (Wildman–Crippen LogP) is 2.27. The van der Waals surface area contributed by atoms with Crippen LogP contribution in [0.4, 0.5) is 5.69 Å². The van der Waals surface area contributed by atoms with E-state index in [2.05, 4.69) is 20.7 Å². The fourth-order valence-corrected chi connectivity index (χ4v) is 5.66. The molecule has 2 aromatic rings. The molecule has 3 N–H and O–H groups in total. The van der Waals surface area contributed by atoms with Crippen molar-refractivity contribution >= 4 is 53.0 Å². The number of halogens is 1. The number of nitrogens with two attached hydrogens (primary N) is 1. The van der Waals surface area contributed by atoms with Crippen LogP contribution in [0.5, 0.6) is 0 Å². The summed E-state index contributed by atoms with van der Waals surface area (Å²) in [7, 11) is -7.55. The molecule has 0 fully saturated rings. The van der Waals surface area contributed by atoms with Gasteiger partial charge in [0.15, 0.2) is 4.21 Å². The lowest BCUT2D eigenvalue weighted by atomic mass is 10.2. The van der Waals surface area contributed by atoms with Crippen LogP contribution < -0.4 is 9.86 Å². The lowest BCUT2D eigenvalue weighted by Gasteiger charge is -2.10. The Hall–Kier alpha value is -0.940. The first-order valence-corrected chi connectivity index (χ1v) is 10.2. The summed E-state index contributed by atoms with van der Waals surface area (Å²) in [5.41, 5.74) is 0.750. The zero-order valence-electron chi connectivity index (χ0n) is 10.7. The summed E-state index contributed by atoms with van der Waals surface area (Å²) in [6, 6.07) is 5.57. The second kappa shape index (κ2) is 5.69. The summed E-state index contributed by atoms with van der Waals surface area (Å²) in [6.07, 6.45) is 0. The Bertz CT molecular complexity index is 888. The minimum Gasteiger partial charge on any atom is -0.279 e. The van der Waals surface area contributed by atoms with E-state index < -0.39 is 20.0 Å². The molecule has 0 unspecified atom stereocenters. The van der Waals surface area contributed by atoms with Crippen LogP contribution in [0.3, 0.4) is 0 Å². The second-order valence-corrected chi connectivity index (χ2v) is 9.39. The highest BCUT2D eigenvalue weighted by atomic mass is 79.9. The summed E-state index contributed by atoms with van der Waals surface area (Å²) in [6.45, 7) is 1.59. The zero-order valence-corrected chi connectivity index (χ0v) is 14.7. The van der Waals surface area contributed by atoms with Crippen LogP contribution in [0.1, 0.15) is 5.56 Å². The topological polar surface area (TPSA) is 106 Å². The van der Waals surface area contributed by atoms with Crippen molar-refractivity contribution < 1.29 is 16.8 Å². The lowest BCUT2D eigenvalue weighted by Crippen LogP contribution is -2.15. The number of aryl methyl sites for hydroxylation is 1. The highest BCUT2D eigenvalue weighted by Crippen LogP contribution is 2.30. The molecule has 0 bridgehead atoms. The fraction of sp³-hybridized carbons (Fsp3) is 0.0909. The van der Waals surface area contributed by atoms with Gasteiger partial charge in [-0.25, -0.2) is 22.0 Å². The lowest BCUT2D eigenvalue weighted by molar-refractivity contribution is 0.597. The molecule has 0 aliphatic heterocycles. The van der Waals surface area contributed by atoms with Crippen molar-refractivity contribution in [2.75, 3.05) is 4.72 Å². The van der Waals surface area contributed by atoms with E-state index in [1.807, 2.05) is 0 Å². The van der Waals surface area contributed by atoms with Crippen molar-refractivity contribution in [2.45, 2.75) is 16.0 Å². The largest absolute Gasteiger partial charge is 0.279 e. The number of thiophene rings is 1. The van der Waals surface area contributed by atoms with Gasteiger partial charge in [0.1, 0.15) is 0 Å². The highest BCUT2D eigenvalue weighted by Gasteiger charge is 2.20. The van der Waals surface area contributed by atoms with Gasteiger partial charge in [0.05, 0.1) is 10.6 Å². The van der Waals surface area contributed by atoms with Crippen molar-refractivity contribution in [3.8, 4) is 0 Å². The first-order chi connectivity index (χ1) is 9.61. The molecule has 6 nitrogen and oxygen atoms in total. The van der Waals surface area contributed by atoms with Gasteiger partial charge < -0.3 is 0 Å². The van der Waals surface area contributed by atoms with Crippen LogP contribution in [0, 0.1) is 6.92 Å². The Labute approximate surface area is 135 Å². The third-order valence-corrected chi connectivity index (χ3v) is 7.55. The number of primary sulfonamides is 1. The third-order valence-electron chi connectivity index (χ3n) is 2.60. The summed E-state index contributed by atoms with van der Waals surface area (Å²) < 4.78 is 50.0. The van der Waals surface area contributed by atoms with Gasteiger partial charge in [0.25, 0.3) is 10.0 Å². The minimum atomic E-state index is -3.82. The van der Waals surface area contributed by atoms with Gasteiger partial charge in [-0.2, -0.15) is 0 Å². The van der Waals surface area contributed by atoms with E-state index in [9.17, 15) is 16.8 Å². The number of hydrogen-bond donors (Lipinski definition) is 2. The van der Waals surface area contributed by atoms with Crippen LogP contribution in [-0.4, -0.2) is 16.8 Å². The smallest absolute Gasteiger partial charge is 0.272 e. The summed E-state index contributed by atoms with van der Waals surface area (Å²) >= 11 is 4.24. The number of benzene rings is 1. The zero-order chi connectivity index (χ0) is 15.8. The van der Waals surface area contributed by atoms with Crippen molar-refractivity contribution in [2.24, 2.45) is 5.14 Å². The Morgan fingerprint density at radius 2 is 1.86 bits per heavy atom. The number of rotatable bonds is 4. The van der Waals surface area contributed by atoms with E-state index in [1.54, 1.807) is 18.4 Å². The Morgan fingerprint density at radius 3 is 2.33 bits per heavy atom. The summed E-state index contributed by atoms with van der Waals surface area (Å²) in [4.78, 5) is -0.0692. The molecule has 0 aliphatic rings. The summed E-state index contributed by atoms with van der Waals surface area (Å²) in [5.74, 6) is 0. The van der Waals surface area contributed by atoms with Crippen LogP contribution in [-0.2, 0) is 20.0 Å². The van der Waals surface area contributed by atoms with E-state index in [0.717, 1.165) is 11.3 Å². The van der Waals surface area contributed by atoms with Gasteiger partial charge in [-0.15, -0.1) is 11.3 Å². The van der Waals surface area contributed by atoms with Gasteiger partial charge in [-0.05, 0) is 58.1 Å². The average molecular weight is 411 g/mol. The molecular weight excluding hydrogens is 400 g/mol. The third kappa shape index (κ3) is 3.64. The molecule has 0 aliphatic carbocycles. The molecule has 114 valence electrons. The van der Waals surface area contributed by atoms with E-state index in [1.165, 1.54) is 18.2 Å². The predicted molar refractivity (Wildman–Crippen MR) is 85.4 cm³/mol. The van der Waals surface area contributed by atoms with E-state index in [4.69, 9.17) is 5.14 Å². The van der Waals surface area contributed by atoms with E-state index in [0.29, 0.717) is 15.7 Å². The highest BCUT2D eigenvalue weighted by molar-refractivity contribution is 9.10. The number of sulfonamides is 2. The molecule has 0 saturated carbocycles. The molecule has 1 aromatic heterocycles. The maximum atomic E-state index is 12.2. The van der Waals surface area contributed by atoms with Crippen LogP contribution >= 0.6 is 27.3 Å². The van der Waals surface area contributed by atoms with Crippen LogP contribution in [0.15, 0.2) is 43.2 Å². The normalized spacial score (nSPS) is 12.3. The molecule has 0 radical (unpaired) electrons. The second-order valence-electron chi connectivity index (χ2n) is 4.18. The van der Waals surface area contributed by atoms with Gasteiger partial charge in [0, 0.05) is 4.47 Å². The van der Waals surface area contributed by atoms with Gasteiger partial charge in [0.2, 0.25) is 10.0 Å². The SMILES string of the molecule is Cc1cc(S(N)(=O)=O)ccc1NS(=O)(=O)c1sccc1Br. The molecular formula is C11H11BrN2O4S3. The van der Waals surface area contributed by atoms with E-state index in [-0.39, 0.29) is 9.10 Å². The maximum absolute atomic E-state index is 12.2. The number of anilines is 1. The quantitative estimate of drug-likeness (QED) is 0.805.